The number of carbonyl (C=O) groups excluding carboxylic acids is 2. The Bertz CT molecular complexity index is 797. The van der Waals surface area contributed by atoms with Gasteiger partial charge in [0.2, 0.25) is 0 Å². The maximum atomic E-state index is 11.7. The molecular weight excluding hydrogens is 388 g/mol. The van der Waals surface area contributed by atoms with Gasteiger partial charge in [-0.05, 0) is 37.1 Å². The summed E-state index contributed by atoms with van der Waals surface area (Å²) in [4.78, 5) is 23.4. The number of ether oxygens (including phenoxy) is 4. The van der Waals surface area contributed by atoms with Gasteiger partial charge in [0.25, 0.3) is 0 Å². The maximum Gasteiger partial charge on any atom is 0.339 e. The number of carbonyl (C=O) groups is 2. The summed E-state index contributed by atoms with van der Waals surface area (Å²) in [5.41, 5.74) is 2.22. The highest BCUT2D eigenvalue weighted by molar-refractivity contribution is 5.96. The number of benzene rings is 2. The topological polar surface area (TPSA) is 95.1 Å². The van der Waals surface area contributed by atoms with Gasteiger partial charge in [-0.2, -0.15) is 0 Å². The van der Waals surface area contributed by atoms with Crippen molar-refractivity contribution in [1.82, 2.24) is 0 Å². The fourth-order valence-corrected chi connectivity index (χ4v) is 2.80. The second-order valence-corrected chi connectivity index (χ2v) is 6.30. The number of nitrogens with one attached hydrogen (secondary N) is 2. The number of hydrogen-bond donors (Lipinski definition) is 2. The van der Waals surface area contributed by atoms with Crippen molar-refractivity contribution in [3.63, 3.8) is 0 Å². The van der Waals surface area contributed by atoms with Crippen molar-refractivity contribution in [1.29, 1.82) is 0 Å². The van der Waals surface area contributed by atoms with E-state index in [1.54, 1.807) is 50.5 Å². The van der Waals surface area contributed by atoms with Gasteiger partial charge in [0.1, 0.15) is 11.5 Å². The van der Waals surface area contributed by atoms with E-state index in [0.29, 0.717) is 47.2 Å². The van der Waals surface area contributed by atoms with Crippen LogP contribution in [0.5, 0.6) is 11.5 Å². The SMILES string of the molecule is CNc1cc(OCCCCOc2ccc(C(=O)OC)c(NC)c2)ccc1C(=O)OC. The second-order valence-electron chi connectivity index (χ2n) is 6.30. The summed E-state index contributed by atoms with van der Waals surface area (Å²) in [6.45, 7) is 1.04. The van der Waals surface area contributed by atoms with Gasteiger partial charge in [-0.3, -0.25) is 0 Å². The molecule has 0 amide bonds. The number of unbranched alkanes of at least 4 members (excludes halogenated alkanes) is 1. The lowest BCUT2D eigenvalue weighted by molar-refractivity contribution is 0.0592. The number of anilines is 2. The number of esters is 2. The van der Waals surface area contributed by atoms with Crippen molar-refractivity contribution in [2.24, 2.45) is 0 Å². The first kappa shape index (κ1) is 22.9. The van der Waals surface area contributed by atoms with Crippen LogP contribution >= 0.6 is 0 Å². The third-order valence-electron chi connectivity index (χ3n) is 4.41. The predicted octanol–water partition coefficient (Wildman–Crippen LogP) is 3.58. The van der Waals surface area contributed by atoms with Crippen molar-refractivity contribution in [3.05, 3.63) is 47.5 Å². The highest BCUT2D eigenvalue weighted by atomic mass is 16.5. The van der Waals surface area contributed by atoms with Gasteiger partial charge in [-0.1, -0.05) is 0 Å². The lowest BCUT2D eigenvalue weighted by Crippen LogP contribution is -2.07. The molecule has 0 heterocycles. The van der Waals surface area contributed by atoms with Crippen LogP contribution in [0.3, 0.4) is 0 Å². The molecule has 0 saturated carbocycles. The quantitative estimate of drug-likeness (QED) is 0.424. The maximum absolute atomic E-state index is 11.7. The van der Waals surface area contributed by atoms with Crippen molar-refractivity contribution in [2.75, 3.05) is 52.2 Å². The molecule has 2 aromatic rings. The molecular formula is C22H28N2O6. The zero-order valence-electron chi connectivity index (χ0n) is 17.7. The summed E-state index contributed by atoms with van der Waals surface area (Å²) < 4.78 is 21.0. The Morgan fingerprint density at radius 1 is 0.733 bits per heavy atom. The van der Waals surface area contributed by atoms with Gasteiger partial charge in [-0.15, -0.1) is 0 Å². The van der Waals surface area contributed by atoms with Crippen molar-refractivity contribution in [2.45, 2.75) is 12.8 Å². The van der Waals surface area contributed by atoms with Crippen LogP contribution in [-0.2, 0) is 9.47 Å². The average molecular weight is 416 g/mol. The molecule has 0 atom stereocenters. The zero-order chi connectivity index (χ0) is 21.9. The molecule has 162 valence electrons. The molecule has 8 nitrogen and oxygen atoms in total. The largest absolute Gasteiger partial charge is 0.494 e. The molecule has 2 N–H and O–H groups in total. The number of hydrogen-bond acceptors (Lipinski definition) is 8. The van der Waals surface area contributed by atoms with E-state index < -0.39 is 11.9 Å². The summed E-state index contributed by atoms with van der Waals surface area (Å²) in [5, 5.41) is 5.94. The molecule has 8 heteroatoms. The molecule has 0 aliphatic heterocycles. The molecule has 0 aliphatic rings. The van der Waals surface area contributed by atoms with Gasteiger partial charge in [0.15, 0.2) is 0 Å². The van der Waals surface area contributed by atoms with E-state index in [4.69, 9.17) is 18.9 Å². The fraction of sp³-hybridized carbons (Fsp3) is 0.364. The van der Waals surface area contributed by atoms with Crippen LogP contribution < -0.4 is 20.1 Å². The van der Waals surface area contributed by atoms with Crippen LogP contribution in [0.4, 0.5) is 11.4 Å². The fourth-order valence-electron chi connectivity index (χ4n) is 2.80. The summed E-state index contributed by atoms with van der Waals surface area (Å²) in [6, 6.07) is 10.4. The standard InChI is InChI=1S/C22H28N2O6/c1-23-19-13-15(7-9-17(19)21(25)27-3)29-11-5-6-12-30-16-8-10-18(22(26)28-4)20(14-16)24-2/h7-10,13-14,23-24H,5-6,11-12H2,1-4H3. The first-order chi connectivity index (χ1) is 14.5. The van der Waals surface area contributed by atoms with Crippen molar-refractivity contribution >= 4 is 23.3 Å². The lowest BCUT2D eigenvalue weighted by Gasteiger charge is -2.12. The van der Waals surface area contributed by atoms with Crippen molar-refractivity contribution < 1.29 is 28.5 Å². The summed E-state index contributed by atoms with van der Waals surface area (Å²) in [5.74, 6) is 0.545. The molecule has 0 radical (unpaired) electrons. The summed E-state index contributed by atoms with van der Waals surface area (Å²) in [7, 11) is 6.17. The Kier molecular flexibility index (Phi) is 8.80. The van der Waals surface area contributed by atoms with Gasteiger partial charge < -0.3 is 29.6 Å². The van der Waals surface area contributed by atoms with E-state index >= 15 is 0 Å². The lowest BCUT2D eigenvalue weighted by atomic mass is 10.1. The van der Waals surface area contributed by atoms with Gasteiger partial charge in [0, 0.05) is 26.2 Å². The molecule has 30 heavy (non-hydrogen) atoms. The monoisotopic (exact) mass is 416 g/mol. The Hall–Kier alpha value is -3.42. The van der Waals surface area contributed by atoms with E-state index in [0.717, 1.165) is 12.8 Å². The first-order valence-corrected chi connectivity index (χ1v) is 9.59. The third-order valence-corrected chi connectivity index (χ3v) is 4.41. The minimum Gasteiger partial charge on any atom is -0.494 e. The van der Waals surface area contributed by atoms with Crippen LogP contribution in [0.25, 0.3) is 0 Å². The second kappa shape index (κ2) is 11.5. The Morgan fingerprint density at radius 2 is 1.13 bits per heavy atom. The van der Waals surface area contributed by atoms with Gasteiger partial charge in [-0.25, -0.2) is 9.59 Å². The molecule has 0 aliphatic carbocycles. The Morgan fingerprint density at radius 3 is 1.47 bits per heavy atom. The molecule has 2 rings (SSSR count). The summed E-state index contributed by atoms with van der Waals surface area (Å²) in [6.07, 6.45) is 1.60. The molecule has 0 unspecified atom stereocenters. The van der Waals surface area contributed by atoms with E-state index in [9.17, 15) is 9.59 Å². The third kappa shape index (κ3) is 6.04. The van der Waals surface area contributed by atoms with Gasteiger partial charge in [0.05, 0.1) is 49.9 Å². The molecule has 0 aromatic heterocycles. The molecule has 0 spiro atoms. The highest BCUT2D eigenvalue weighted by Gasteiger charge is 2.13. The summed E-state index contributed by atoms with van der Waals surface area (Å²) >= 11 is 0. The van der Waals surface area contributed by atoms with Crippen molar-refractivity contribution in [3.8, 4) is 11.5 Å². The van der Waals surface area contributed by atoms with E-state index in [-0.39, 0.29) is 0 Å². The minimum atomic E-state index is -0.399. The van der Waals surface area contributed by atoms with Crippen LogP contribution in [0.15, 0.2) is 36.4 Å². The van der Waals surface area contributed by atoms with E-state index in [1.165, 1.54) is 14.2 Å². The number of methoxy groups -OCH3 is 2. The Balaban J connectivity index is 1.78. The Labute approximate surface area is 176 Å². The van der Waals surface area contributed by atoms with Crippen LogP contribution in [0.2, 0.25) is 0 Å². The highest BCUT2D eigenvalue weighted by Crippen LogP contribution is 2.24. The average Bonchev–Trinajstić information content (AvgIpc) is 2.79. The molecule has 0 bridgehead atoms. The molecule has 0 saturated heterocycles. The first-order valence-electron chi connectivity index (χ1n) is 9.59. The zero-order valence-corrected chi connectivity index (χ0v) is 17.7. The van der Waals surface area contributed by atoms with Gasteiger partial charge >= 0.3 is 11.9 Å². The van der Waals surface area contributed by atoms with E-state index in [1.807, 2.05) is 0 Å². The van der Waals surface area contributed by atoms with Crippen LogP contribution in [0.1, 0.15) is 33.6 Å². The van der Waals surface area contributed by atoms with Crippen LogP contribution in [0, 0.1) is 0 Å². The number of rotatable bonds is 11. The normalized spacial score (nSPS) is 10.1. The minimum absolute atomic E-state index is 0.399. The smallest absolute Gasteiger partial charge is 0.339 e. The predicted molar refractivity (Wildman–Crippen MR) is 115 cm³/mol. The molecule has 2 aromatic carbocycles. The molecule has 0 fully saturated rings. The van der Waals surface area contributed by atoms with E-state index in [2.05, 4.69) is 10.6 Å². The van der Waals surface area contributed by atoms with Crippen LogP contribution in [-0.4, -0.2) is 53.5 Å².